The first-order chi connectivity index (χ1) is 18.3. The molecule has 0 fully saturated rings. The Balaban J connectivity index is 1.58. The number of rotatable bonds is 10. The van der Waals surface area contributed by atoms with E-state index in [9.17, 15) is 15.2 Å². The highest BCUT2D eigenvalue weighted by atomic mass is 16.6. The van der Waals surface area contributed by atoms with Gasteiger partial charge in [-0.15, -0.1) is 0 Å². The molecule has 0 saturated heterocycles. The monoisotopic (exact) mass is 514 g/mol. The molecule has 0 atom stereocenters. The van der Waals surface area contributed by atoms with E-state index >= 15 is 0 Å². The van der Waals surface area contributed by atoms with E-state index in [1.165, 1.54) is 24.4 Å². The maximum Gasteiger partial charge on any atom is 0.269 e. The summed E-state index contributed by atoms with van der Waals surface area (Å²) in [6.45, 7) is 6.31. The number of nitrogens with one attached hydrogen (secondary N) is 3. The highest BCUT2D eigenvalue weighted by Gasteiger charge is 2.10. The van der Waals surface area contributed by atoms with Crippen LogP contribution in [0.25, 0.3) is 0 Å². The Morgan fingerprint density at radius 2 is 1.58 bits per heavy atom. The Hall–Kier alpha value is -5.26. The second kappa shape index (κ2) is 11.6. The van der Waals surface area contributed by atoms with E-state index in [-0.39, 0.29) is 29.3 Å². The van der Waals surface area contributed by atoms with Crippen LogP contribution in [0.4, 0.5) is 34.9 Å². The largest absolute Gasteiger partial charge is 0.504 e. The molecular weight excluding hydrogens is 488 g/mol. The number of aryl methyl sites for hydroxylation is 2. The van der Waals surface area contributed by atoms with Crippen molar-refractivity contribution in [3.05, 3.63) is 87.5 Å². The first-order valence-corrected chi connectivity index (χ1v) is 11.7. The Morgan fingerprint density at radius 1 is 0.921 bits per heavy atom. The van der Waals surface area contributed by atoms with Gasteiger partial charge in [0.05, 0.1) is 17.7 Å². The lowest BCUT2D eigenvalue weighted by molar-refractivity contribution is -0.384. The van der Waals surface area contributed by atoms with Crippen molar-refractivity contribution < 1.29 is 14.8 Å². The molecular formula is C26H26N8O4. The van der Waals surface area contributed by atoms with Crippen LogP contribution in [0.3, 0.4) is 0 Å². The molecule has 0 spiro atoms. The Morgan fingerprint density at radius 3 is 2.21 bits per heavy atom. The van der Waals surface area contributed by atoms with Gasteiger partial charge in [0, 0.05) is 23.5 Å². The van der Waals surface area contributed by atoms with E-state index in [4.69, 9.17) is 4.74 Å². The molecule has 4 rings (SSSR count). The Bertz CT molecular complexity index is 1480. The lowest BCUT2D eigenvalue weighted by Crippen LogP contribution is -2.07. The highest BCUT2D eigenvalue weighted by molar-refractivity contribution is 5.81. The minimum atomic E-state index is -0.470. The molecule has 0 aliphatic heterocycles. The van der Waals surface area contributed by atoms with Crippen molar-refractivity contribution in [1.82, 2.24) is 15.0 Å². The average Bonchev–Trinajstić information content (AvgIpc) is 2.88. The summed E-state index contributed by atoms with van der Waals surface area (Å²) in [5.41, 5.74) is 6.98. The summed E-state index contributed by atoms with van der Waals surface area (Å²) in [5.74, 6) is 0.979. The summed E-state index contributed by atoms with van der Waals surface area (Å²) in [6.07, 6.45) is 1.50. The smallest absolute Gasteiger partial charge is 0.269 e. The zero-order valence-electron chi connectivity index (χ0n) is 21.0. The third-order valence-electron chi connectivity index (χ3n) is 5.39. The third-order valence-corrected chi connectivity index (χ3v) is 5.39. The molecule has 12 heteroatoms. The quantitative estimate of drug-likeness (QED) is 0.122. The third kappa shape index (κ3) is 6.69. The van der Waals surface area contributed by atoms with Crippen LogP contribution in [0.15, 0.2) is 65.8 Å². The molecule has 38 heavy (non-hydrogen) atoms. The number of aromatic hydroxyl groups is 1. The first kappa shape index (κ1) is 25.8. The number of nitrogens with zero attached hydrogens (tertiary/aromatic N) is 5. The fourth-order valence-corrected chi connectivity index (χ4v) is 3.34. The highest BCUT2D eigenvalue weighted by Crippen LogP contribution is 2.26. The number of hydrogen-bond donors (Lipinski definition) is 4. The fourth-order valence-electron chi connectivity index (χ4n) is 3.34. The molecule has 1 heterocycles. The van der Waals surface area contributed by atoms with E-state index in [1.54, 1.807) is 24.3 Å². The van der Waals surface area contributed by atoms with E-state index in [0.29, 0.717) is 23.6 Å². The molecule has 4 N–H and O–H groups in total. The number of aromatic nitrogens is 3. The number of benzene rings is 3. The maximum absolute atomic E-state index is 10.9. The van der Waals surface area contributed by atoms with Crippen molar-refractivity contribution in [1.29, 1.82) is 0 Å². The van der Waals surface area contributed by atoms with Crippen LogP contribution < -0.4 is 20.8 Å². The number of nitro groups is 1. The number of ether oxygens (including phenoxy) is 1. The van der Waals surface area contributed by atoms with Gasteiger partial charge in [0.15, 0.2) is 11.5 Å². The molecule has 0 bridgehead atoms. The van der Waals surface area contributed by atoms with Gasteiger partial charge in [-0.05, 0) is 79.9 Å². The van der Waals surface area contributed by atoms with Gasteiger partial charge in [0.2, 0.25) is 17.8 Å². The van der Waals surface area contributed by atoms with Gasteiger partial charge in [0.25, 0.3) is 5.69 Å². The zero-order chi connectivity index (χ0) is 27.1. The van der Waals surface area contributed by atoms with Gasteiger partial charge < -0.3 is 20.5 Å². The van der Waals surface area contributed by atoms with Crippen LogP contribution in [0.1, 0.15) is 23.6 Å². The normalized spacial score (nSPS) is 10.8. The molecule has 3 aromatic carbocycles. The lowest BCUT2D eigenvalue weighted by atomic mass is 10.1. The van der Waals surface area contributed by atoms with Crippen LogP contribution >= 0.6 is 0 Å². The van der Waals surface area contributed by atoms with E-state index in [2.05, 4.69) is 36.1 Å². The van der Waals surface area contributed by atoms with Gasteiger partial charge in [-0.1, -0.05) is 6.07 Å². The number of phenols is 1. The van der Waals surface area contributed by atoms with E-state index < -0.39 is 4.92 Å². The van der Waals surface area contributed by atoms with Crippen molar-refractivity contribution in [2.24, 2.45) is 5.10 Å². The summed E-state index contributed by atoms with van der Waals surface area (Å²) < 4.78 is 5.34. The SMILES string of the molecule is CCOc1ccc(C=NNc2nc(Nc3ccc([N+](=O)[O-])cc3)nc(Nc3ccc(C)c(C)c3)n2)cc1O. The predicted octanol–water partition coefficient (Wildman–Crippen LogP) is 5.43. The Kier molecular flexibility index (Phi) is 7.92. The van der Waals surface area contributed by atoms with Crippen molar-refractivity contribution in [2.45, 2.75) is 20.8 Å². The van der Waals surface area contributed by atoms with Crippen LogP contribution in [-0.4, -0.2) is 37.8 Å². The van der Waals surface area contributed by atoms with Crippen molar-refractivity contribution in [2.75, 3.05) is 22.7 Å². The molecule has 0 radical (unpaired) electrons. The van der Waals surface area contributed by atoms with E-state index in [1.807, 2.05) is 39.0 Å². The number of nitro benzene ring substituents is 1. The second-order valence-electron chi connectivity index (χ2n) is 8.19. The first-order valence-electron chi connectivity index (χ1n) is 11.7. The Labute approximate surface area is 218 Å². The topological polar surface area (TPSA) is 160 Å². The molecule has 1 aromatic heterocycles. The molecule has 0 aliphatic rings. The lowest BCUT2D eigenvalue weighted by Gasteiger charge is -2.11. The predicted molar refractivity (Wildman–Crippen MR) is 146 cm³/mol. The molecule has 4 aromatic rings. The van der Waals surface area contributed by atoms with Crippen molar-refractivity contribution in [3.63, 3.8) is 0 Å². The van der Waals surface area contributed by atoms with Crippen molar-refractivity contribution >= 4 is 41.1 Å². The van der Waals surface area contributed by atoms with Crippen molar-refractivity contribution in [3.8, 4) is 11.5 Å². The molecule has 0 saturated carbocycles. The average molecular weight is 515 g/mol. The summed E-state index contributed by atoms with van der Waals surface area (Å²) in [7, 11) is 0. The summed E-state index contributed by atoms with van der Waals surface area (Å²) >= 11 is 0. The van der Waals surface area contributed by atoms with Gasteiger partial charge in [0.1, 0.15) is 0 Å². The molecule has 0 amide bonds. The number of phenolic OH excluding ortho intramolecular Hbond substituents is 1. The minimum Gasteiger partial charge on any atom is -0.504 e. The van der Waals surface area contributed by atoms with Crippen LogP contribution in [0.2, 0.25) is 0 Å². The minimum absolute atomic E-state index is 0.00502. The molecule has 0 unspecified atom stereocenters. The molecule has 0 aliphatic carbocycles. The van der Waals surface area contributed by atoms with Crippen LogP contribution in [-0.2, 0) is 0 Å². The zero-order valence-corrected chi connectivity index (χ0v) is 21.0. The number of hydrogen-bond acceptors (Lipinski definition) is 11. The summed E-state index contributed by atoms with van der Waals surface area (Å²) in [6, 6.07) is 16.7. The molecule has 194 valence electrons. The number of non-ortho nitro benzene ring substituents is 1. The van der Waals surface area contributed by atoms with E-state index in [0.717, 1.165) is 16.8 Å². The standard InChI is InChI=1S/C26H26N8O4/c1-4-38-23-12-6-18(14-22(23)35)15-27-33-26-31-24(28-19-8-10-21(11-9-19)34(36)37)30-25(32-26)29-20-7-5-16(2)17(3)13-20/h5-15,35H,4H2,1-3H3,(H3,28,29,30,31,32,33). The summed E-state index contributed by atoms with van der Waals surface area (Å²) in [5, 5.41) is 31.4. The number of hydrazone groups is 1. The van der Waals surface area contributed by atoms with Gasteiger partial charge in [-0.3, -0.25) is 10.1 Å². The summed E-state index contributed by atoms with van der Waals surface area (Å²) in [4.78, 5) is 23.6. The van der Waals surface area contributed by atoms with Gasteiger partial charge in [-0.2, -0.15) is 20.1 Å². The second-order valence-corrected chi connectivity index (χ2v) is 8.19. The van der Waals surface area contributed by atoms with Gasteiger partial charge >= 0.3 is 0 Å². The number of anilines is 5. The fraction of sp³-hybridized carbons (Fsp3) is 0.154. The van der Waals surface area contributed by atoms with Crippen LogP contribution in [0.5, 0.6) is 11.5 Å². The van der Waals surface area contributed by atoms with Crippen LogP contribution in [0, 0.1) is 24.0 Å². The molecule has 12 nitrogen and oxygen atoms in total. The maximum atomic E-state index is 10.9. The van der Waals surface area contributed by atoms with Gasteiger partial charge in [-0.25, -0.2) is 5.43 Å².